The fourth-order valence-corrected chi connectivity index (χ4v) is 1.21. The van der Waals surface area contributed by atoms with Crippen molar-refractivity contribution >= 4 is 23.0 Å². The van der Waals surface area contributed by atoms with Crippen LogP contribution >= 0.6 is 0 Å². The number of rotatable bonds is 0. The molecule has 1 aliphatic rings. The molecule has 0 atom stereocenters. The molecule has 1 aliphatic heterocycles. The Bertz CT molecular complexity index is 112. The number of aliphatic imine (C=N–C) groups is 1. The number of nitrogens with zero attached hydrogens (tertiary/aromatic N) is 2. The Kier molecular flexibility index (Phi) is 1.79. The molecule has 0 saturated carbocycles. The predicted molar refractivity (Wildman–Crippen MR) is 33.8 cm³/mol. The fraction of sp³-hybridized carbons (Fsp3) is 0.750. The maximum absolute atomic E-state index is 3.98. The molecular weight excluding hydrogens is 165 g/mol. The second-order valence-electron chi connectivity index (χ2n) is 1.60. The first-order valence-electron chi connectivity index (χ1n) is 2.51. The van der Waals surface area contributed by atoms with Gasteiger partial charge < -0.3 is 0 Å². The molecular formula is C4H8AsN3. The van der Waals surface area contributed by atoms with E-state index in [9.17, 15) is 0 Å². The van der Waals surface area contributed by atoms with Gasteiger partial charge in [-0.2, -0.15) is 0 Å². The van der Waals surface area contributed by atoms with Gasteiger partial charge in [0.15, 0.2) is 0 Å². The zero-order valence-electron chi connectivity index (χ0n) is 4.76. The van der Waals surface area contributed by atoms with E-state index in [1.54, 1.807) is 7.05 Å². The second-order valence-corrected chi connectivity index (χ2v) is 2.61. The van der Waals surface area contributed by atoms with Crippen LogP contribution < -0.4 is 5.32 Å². The van der Waals surface area contributed by atoms with Crippen molar-refractivity contribution in [2.24, 2.45) is 4.99 Å². The molecule has 0 aromatic rings. The van der Waals surface area contributed by atoms with E-state index < -0.39 is 0 Å². The van der Waals surface area contributed by atoms with Gasteiger partial charge in [-0.05, 0) is 0 Å². The van der Waals surface area contributed by atoms with Gasteiger partial charge in [-0.15, -0.1) is 0 Å². The Balaban J connectivity index is 2.55. The quantitative estimate of drug-likeness (QED) is 0.474. The van der Waals surface area contributed by atoms with E-state index in [-0.39, 0.29) is 0 Å². The van der Waals surface area contributed by atoms with Crippen LogP contribution in [0.15, 0.2) is 4.99 Å². The van der Waals surface area contributed by atoms with Crippen LogP contribution in [0.1, 0.15) is 0 Å². The van der Waals surface area contributed by atoms with Crippen LogP contribution in [-0.2, 0) is 0 Å². The van der Waals surface area contributed by atoms with Crippen molar-refractivity contribution in [2.75, 3.05) is 20.1 Å². The van der Waals surface area contributed by atoms with Gasteiger partial charge in [-0.3, -0.25) is 0 Å². The Morgan fingerprint density at radius 3 is 2.88 bits per heavy atom. The molecule has 1 saturated heterocycles. The van der Waals surface area contributed by atoms with Gasteiger partial charge >= 0.3 is 57.3 Å². The first kappa shape index (κ1) is 5.96. The number of guanidine groups is 1. The maximum atomic E-state index is 3.98. The molecule has 0 unspecified atom stereocenters. The standard InChI is InChI=1S/C4H8AsN3/c1-6-4-7-2-3-8(4)5/h2-3H2,1H3,(H,6,7). The third kappa shape index (κ3) is 0.971. The molecule has 0 aromatic carbocycles. The van der Waals surface area contributed by atoms with Gasteiger partial charge in [0.2, 0.25) is 0 Å². The molecule has 4 heteroatoms. The first-order valence-corrected chi connectivity index (χ1v) is 3.35. The van der Waals surface area contributed by atoms with Crippen molar-refractivity contribution in [2.45, 2.75) is 0 Å². The SMILES string of the molecule is CN=C1NCCN1[As]. The van der Waals surface area contributed by atoms with E-state index >= 15 is 0 Å². The summed E-state index contributed by atoms with van der Waals surface area (Å²) < 4.78 is 2.03. The molecule has 1 rings (SSSR count). The third-order valence-electron chi connectivity index (χ3n) is 1.06. The van der Waals surface area contributed by atoms with Gasteiger partial charge in [0.05, 0.1) is 0 Å². The molecule has 0 bridgehead atoms. The van der Waals surface area contributed by atoms with Gasteiger partial charge in [0.1, 0.15) is 0 Å². The zero-order chi connectivity index (χ0) is 5.98. The van der Waals surface area contributed by atoms with E-state index in [1.165, 1.54) is 0 Å². The summed E-state index contributed by atoms with van der Waals surface area (Å²) in [7, 11) is 1.79. The monoisotopic (exact) mass is 173 g/mol. The van der Waals surface area contributed by atoms with E-state index in [0.29, 0.717) is 0 Å². The van der Waals surface area contributed by atoms with Crippen molar-refractivity contribution in [1.29, 1.82) is 0 Å². The van der Waals surface area contributed by atoms with Crippen molar-refractivity contribution in [3.8, 4) is 0 Å². The minimum atomic E-state index is 0.977. The first-order chi connectivity index (χ1) is 3.84. The number of hydrogen-bond acceptors (Lipinski definition) is 1. The van der Waals surface area contributed by atoms with Crippen LogP contribution in [0.4, 0.5) is 0 Å². The second kappa shape index (κ2) is 2.40. The molecule has 2 radical (unpaired) electrons. The summed E-state index contributed by atoms with van der Waals surface area (Å²) in [5, 5.41) is 3.12. The van der Waals surface area contributed by atoms with E-state index in [1.807, 2.05) is 3.82 Å². The number of nitrogens with one attached hydrogen (secondary N) is 1. The summed E-state index contributed by atoms with van der Waals surface area (Å²) in [5.74, 6) is 0.977. The molecule has 44 valence electrons. The minimum absolute atomic E-state index is 0.977. The van der Waals surface area contributed by atoms with Gasteiger partial charge in [0.25, 0.3) is 0 Å². The summed E-state index contributed by atoms with van der Waals surface area (Å²) in [6.45, 7) is 2.06. The summed E-state index contributed by atoms with van der Waals surface area (Å²) in [4.78, 5) is 3.98. The van der Waals surface area contributed by atoms with Gasteiger partial charge in [-0.1, -0.05) is 0 Å². The van der Waals surface area contributed by atoms with E-state index in [2.05, 4.69) is 27.4 Å². The molecule has 1 fully saturated rings. The fourth-order valence-electron chi connectivity index (χ4n) is 0.665. The normalized spacial score (nSPS) is 24.2. The summed E-state index contributed by atoms with van der Waals surface area (Å²) >= 11 is 2.46. The summed E-state index contributed by atoms with van der Waals surface area (Å²) in [5.41, 5.74) is 0. The van der Waals surface area contributed by atoms with Crippen molar-refractivity contribution in [3.05, 3.63) is 0 Å². The van der Waals surface area contributed by atoms with Crippen molar-refractivity contribution < 1.29 is 0 Å². The molecule has 1 heterocycles. The predicted octanol–water partition coefficient (Wildman–Crippen LogP) is -1.04. The third-order valence-corrected chi connectivity index (χ3v) is 1.88. The summed E-state index contributed by atoms with van der Waals surface area (Å²) in [6.07, 6.45) is 0. The van der Waals surface area contributed by atoms with Crippen LogP contribution in [0.25, 0.3) is 0 Å². The molecule has 0 spiro atoms. The van der Waals surface area contributed by atoms with Crippen LogP contribution in [0.3, 0.4) is 0 Å². The average Bonchev–Trinajstić information content (AvgIpc) is 2.14. The van der Waals surface area contributed by atoms with Gasteiger partial charge in [-0.25, -0.2) is 0 Å². The van der Waals surface area contributed by atoms with Crippen molar-refractivity contribution in [3.63, 3.8) is 0 Å². The molecule has 0 aliphatic carbocycles. The zero-order valence-corrected chi connectivity index (χ0v) is 6.63. The average molecular weight is 173 g/mol. The Hall–Kier alpha value is -0.172. The van der Waals surface area contributed by atoms with Crippen LogP contribution in [0, 0.1) is 0 Å². The van der Waals surface area contributed by atoms with Crippen LogP contribution in [0.2, 0.25) is 0 Å². The Morgan fingerprint density at radius 1 is 1.88 bits per heavy atom. The molecule has 0 aromatic heterocycles. The van der Waals surface area contributed by atoms with E-state index in [4.69, 9.17) is 0 Å². The number of hydrogen-bond donors (Lipinski definition) is 1. The Labute approximate surface area is 57.9 Å². The molecule has 3 nitrogen and oxygen atoms in total. The van der Waals surface area contributed by atoms with Crippen molar-refractivity contribution in [1.82, 2.24) is 9.13 Å². The molecule has 1 N–H and O–H groups in total. The molecule has 0 amide bonds. The van der Waals surface area contributed by atoms with E-state index in [0.717, 1.165) is 19.0 Å². The molecule has 8 heavy (non-hydrogen) atoms. The van der Waals surface area contributed by atoms with Gasteiger partial charge in [0, 0.05) is 0 Å². The van der Waals surface area contributed by atoms with Crippen LogP contribution in [-0.4, -0.2) is 47.0 Å². The Morgan fingerprint density at radius 2 is 2.62 bits per heavy atom. The van der Waals surface area contributed by atoms with Crippen LogP contribution in [0.5, 0.6) is 0 Å². The summed E-state index contributed by atoms with van der Waals surface area (Å²) in [6, 6.07) is 0. The topological polar surface area (TPSA) is 27.6 Å².